The molecule has 31 heavy (non-hydrogen) atoms. The standard InChI is InChI=1S/C26H39N3O2/c1-5-12-29-18-21(14-22-17-25(30)23(16-24(22)29)19-27(2)3)15-26(31)28(4)13-11-20-9-7-6-8-10-20/h6-10,19,21-22,24H,5,11-18H2,1-4H3/t21-,22-,24-/m1/s1. The minimum Gasteiger partial charge on any atom is -0.383 e. The van der Waals surface area contributed by atoms with Crippen LogP contribution in [-0.2, 0) is 16.0 Å². The van der Waals surface area contributed by atoms with Crippen LogP contribution in [0.25, 0.3) is 0 Å². The number of likely N-dealkylation sites (N-methyl/N-ethyl adjacent to an activating group) is 1. The molecule has 1 saturated heterocycles. The fourth-order valence-electron chi connectivity index (χ4n) is 5.25. The number of carbonyl (C=O) groups excluding carboxylic acids is 2. The predicted octanol–water partition coefficient (Wildman–Crippen LogP) is 3.60. The lowest BCUT2D eigenvalue weighted by Gasteiger charge is -2.47. The van der Waals surface area contributed by atoms with Crippen LogP contribution in [0.2, 0.25) is 0 Å². The quantitative estimate of drug-likeness (QED) is 0.597. The molecule has 0 bridgehead atoms. The third-order valence-corrected chi connectivity index (χ3v) is 6.77. The summed E-state index contributed by atoms with van der Waals surface area (Å²) in [5.74, 6) is 1.23. The van der Waals surface area contributed by atoms with Crippen molar-refractivity contribution in [1.82, 2.24) is 14.7 Å². The van der Waals surface area contributed by atoms with Gasteiger partial charge in [-0.3, -0.25) is 14.5 Å². The van der Waals surface area contributed by atoms with Crippen molar-refractivity contribution in [2.75, 3.05) is 40.8 Å². The second kappa shape index (κ2) is 10.9. The van der Waals surface area contributed by atoms with Gasteiger partial charge in [-0.1, -0.05) is 37.3 Å². The van der Waals surface area contributed by atoms with Crippen molar-refractivity contribution in [1.29, 1.82) is 0 Å². The zero-order valence-corrected chi connectivity index (χ0v) is 19.7. The molecule has 1 aromatic rings. The molecule has 3 rings (SSSR count). The van der Waals surface area contributed by atoms with Gasteiger partial charge in [0.1, 0.15) is 0 Å². The van der Waals surface area contributed by atoms with Gasteiger partial charge in [0.05, 0.1) is 0 Å². The Labute approximate surface area is 188 Å². The Kier molecular flexibility index (Phi) is 8.30. The highest BCUT2D eigenvalue weighted by Crippen LogP contribution is 2.39. The molecule has 1 saturated carbocycles. The molecule has 0 N–H and O–H groups in total. The first-order chi connectivity index (χ1) is 14.9. The molecule has 2 fully saturated rings. The van der Waals surface area contributed by atoms with Gasteiger partial charge in [0.25, 0.3) is 0 Å². The lowest BCUT2D eigenvalue weighted by atomic mass is 9.72. The molecule has 3 atom stereocenters. The summed E-state index contributed by atoms with van der Waals surface area (Å²) in [6.07, 6.45) is 7.03. The number of ketones is 1. The maximum atomic E-state index is 12.9. The van der Waals surface area contributed by atoms with E-state index in [1.807, 2.05) is 55.3 Å². The van der Waals surface area contributed by atoms with Crippen molar-refractivity contribution in [3.05, 3.63) is 47.7 Å². The summed E-state index contributed by atoms with van der Waals surface area (Å²) in [5, 5.41) is 0. The van der Waals surface area contributed by atoms with E-state index in [4.69, 9.17) is 0 Å². The molecule has 0 spiro atoms. The van der Waals surface area contributed by atoms with Gasteiger partial charge in [0, 0.05) is 64.9 Å². The van der Waals surface area contributed by atoms with Crippen LogP contribution in [0.15, 0.2) is 42.1 Å². The van der Waals surface area contributed by atoms with Crippen LogP contribution in [0.4, 0.5) is 0 Å². The molecular formula is C26H39N3O2. The molecule has 2 aliphatic rings. The maximum Gasteiger partial charge on any atom is 0.222 e. The van der Waals surface area contributed by atoms with Gasteiger partial charge in [0.15, 0.2) is 5.78 Å². The Hall–Kier alpha value is -2.14. The van der Waals surface area contributed by atoms with Crippen molar-refractivity contribution in [2.24, 2.45) is 11.8 Å². The first-order valence-corrected chi connectivity index (χ1v) is 11.8. The van der Waals surface area contributed by atoms with Gasteiger partial charge in [-0.15, -0.1) is 0 Å². The average molecular weight is 426 g/mol. The number of carbonyl (C=O) groups is 2. The summed E-state index contributed by atoms with van der Waals surface area (Å²) < 4.78 is 0. The van der Waals surface area contributed by atoms with E-state index in [2.05, 4.69) is 24.0 Å². The van der Waals surface area contributed by atoms with Crippen LogP contribution in [0, 0.1) is 11.8 Å². The average Bonchev–Trinajstić information content (AvgIpc) is 2.73. The highest BCUT2D eigenvalue weighted by atomic mass is 16.2. The number of amides is 1. The lowest BCUT2D eigenvalue weighted by Crippen LogP contribution is -2.52. The third kappa shape index (κ3) is 6.42. The van der Waals surface area contributed by atoms with Gasteiger partial charge in [-0.05, 0) is 49.6 Å². The molecule has 1 aliphatic carbocycles. The summed E-state index contributed by atoms with van der Waals surface area (Å²) in [6, 6.07) is 10.8. The second-order valence-corrected chi connectivity index (χ2v) is 9.63. The SMILES string of the molecule is CCCN1C[C@@H](CC(=O)N(C)CCc2ccccc2)C[C@@H]2CC(=O)C(=CN(C)C)C[C@H]21. The van der Waals surface area contributed by atoms with Gasteiger partial charge in [0.2, 0.25) is 5.91 Å². The molecule has 1 aliphatic heterocycles. The Bertz CT molecular complexity index is 774. The molecule has 1 amide bonds. The monoisotopic (exact) mass is 425 g/mol. The minimum absolute atomic E-state index is 0.228. The summed E-state index contributed by atoms with van der Waals surface area (Å²) in [5.41, 5.74) is 2.22. The smallest absolute Gasteiger partial charge is 0.222 e. The van der Waals surface area contributed by atoms with Crippen LogP contribution >= 0.6 is 0 Å². The lowest BCUT2D eigenvalue weighted by molar-refractivity contribution is -0.132. The number of rotatable bonds is 8. The van der Waals surface area contributed by atoms with E-state index < -0.39 is 0 Å². The number of likely N-dealkylation sites (tertiary alicyclic amines) is 1. The van der Waals surface area contributed by atoms with Crippen molar-refractivity contribution in [3.8, 4) is 0 Å². The van der Waals surface area contributed by atoms with Gasteiger partial charge in [-0.2, -0.15) is 0 Å². The van der Waals surface area contributed by atoms with Crippen molar-refractivity contribution in [3.63, 3.8) is 0 Å². The molecular weight excluding hydrogens is 386 g/mol. The van der Waals surface area contributed by atoms with E-state index in [1.165, 1.54) is 5.56 Å². The fourth-order valence-corrected chi connectivity index (χ4v) is 5.25. The van der Waals surface area contributed by atoms with Crippen LogP contribution in [0.5, 0.6) is 0 Å². The van der Waals surface area contributed by atoms with E-state index >= 15 is 0 Å². The number of fused-ring (bicyclic) bond motifs is 1. The highest BCUT2D eigenvalue weighted by molar-refractivity contribution is 5.96. The largest absolute Gasteiger partial charge is 0.383 e. The Morgan fingerprint density at radius 1 is 1.16 bits per heavy atom. The first kappa shape index (κ1) is 23.5. The second-order valence-electron chi connectivity index (χ2n) is 9.63. The number of nitrogens with zero attached hydrogens (tertiary/aromatic N) is 3. The topological polar surface area (TPSA) is 43.9 Å². The van der Waals surface area contributed by atoms with Gasteiger partial charge < -0.3 is 9.80 Å². The Balaban J connectivity index is 1.59. The molecule has 0 radical (unpaired) electrons. The van der Waals surface area contributed by atoms with Crippen LogP contribution in [0.3, 0.4) is 0 Å². The van der Waals surface area contributed by atoms with Crippen LogP contribution in [0.1, 0.15) is 44.6 Å². The van der Waals surface area contributed by atoms with Crippen molar-refractivity contribution < 1.29 is 9.59 Å². The molecule has 0 aromatic heterocycles. The van der Waals surface area contributed by atoms with Crippen LogP contribution in [-0.4, -0.2) is 73.2 Å². The molecule has 5 heteroatoms. The zero-order chi connectivity index (χ0) is 22.4. The molecule has 1 heterocycles. The van der Waals surface area contributed by atoms with E-state index in [-0.39, 0.29) is 5.91 Å². The third-order valence-electron chi connectivity index (χ3n) is 6.77. The minimum atomic E-state index is 0.228. The normalized spacial score (nSPS) is 25.4. The number of Topliss-reactive ketones (excluding diaryl/α,β-unsaturated/α-hetero) is 1. The Morgan fingerprint density at radius 2 is 1.90 bits per heavy atom. The van der Waals surface area contributed by atoms with E-state index in [9.17, 15) is 9.59 Å². The van der Waals surface area contributed by atoms with E-state index in [0.717, 1.165) is 50.9 Å². The molecule has 1 aromatic carbocycles. The summed E-state index contributed by atoms with van der Waals surface area (Å²) in [6.45, 7) is 4.97. The van der Waals surface area contributed by atoms with Gasteiger partial charge >= 0.3 is 0 Å². The van der Waals surface area contributed by atoms with Crippen LogP contribution < -0.4 is 0 Å². The number of hydrogen-bond donors (Lipinski definition) is 0. The summed E-state index contributed by atoms with van der Waals surface area (Å²) in [7, 11) is 5.88. The van der Waals surface area contributed by atoms with Crippen molar-refractivity contribution >= 4 is 11.7 Å². The zero-order valence-electron chi connectivity index (χ0n) is 19.7. The number of piperidine rings is 1. The summed E-state index contributed by atoms with van der Waals surface area (Å²) >= 11 is 0. The summed E-state index contributed by atoms with van der Waals surface area (Å²) in [4.78, 5) is 32.1. The Morgan fingerprint density at radius 3 is 2.58 bits per heavy atom. The fraction of sp³-hybridized carbons (Fsp3) is 0.615. The number of hydrogen-bond acceptors (Lipinski definition) is 4. The van der Waals surface area contributed by atoms with Crippen molar-refractivity contribution in [2.45, 2.75) is 51.5 Å². The highest BCUT2D eigenvalue weighted by Gasteiger charge is 2.41. The predicted molar refractivity (Wildman–Crippen MR) is 126 cm³/mol. The maximum absolute atomic E-state index is 12.9. The molecule has 170 valence electrons. The van der Waals surface area contributed by atoms with E-state index in [0.29, 0.717) is 36.5 Å². The first-order valence-electron chi connectivity index (χ1n) is 11.8. The molecule has 5 nitrogen and oxygen atoms in total. The van der Waals surface area contributed by atoms with Gasteiger partial charge in [-0.25, -0.2) is 0 Å². The van der Waals surface area contributed by atoms with E-state index in [1.54, 1.807) is 0 Å². The number of benzene rings is 1. The molecule has 0 unspecified atom stereocenters.